The van der Waals surface area contributed by atoms with E-state index in [0.717, 1.165) is 4.47 Å². The van der Waals surface area contributed by atoms with Gasteiger partial charge in [0.2, 0.25) is 0 Å². The molecule has 5 heteroatoms. The zero-order chi connectivity index (χ0) is 12.0. The lowest BCUT2D eigenvalue weighted by Gasteiger charge is -2.09. The number of carbonyl (C=O) groups excluding carboxylic acids is 1. The second-order valence-electron chi connectivity index (χ2n) is 3.04. The summed E-state index contributed by atoms with van der Waals surface area (Å²) in [6.07, 6.45) is 0. The van der Waals surface area contributed by atoms with Gasteiger partial charge in [-0.2, -0.15) is 0 Å². The van der Waals surface area contributed by atoms with Gasteiger partial charge in [0.05, 0.1) is 11.6 Å². The number of likely N-dealkylation sites (N-methyl/N-ethyl adjacent to an activating group) is 1. The molecule has 0 unspecified atom stereocenters. The minimum atomic E-state index is -0.141. The Balaban J connectivity index is 2.62. The fourth-order valence-corrected chi connectivity index (χ4v) is 1.47. The fourth-order valence-electron chi connectivity index (χ4n) is 1.11. The smallest absolute Gasteiger partial charge is 0.257 e. The summed E-state index contributed by atoms with van der Waals surface area (Å²) in [5.41, 5.74) is 0. The predicted molar refractivity (Wildman–Crippen MR) is 64.9 cm³/mol. The van der Waals surface area contributed by atoms with Crippen molar-refractivity contribution in [1.82, 2.24) is 5.32 Å². The van der Waals surface area contributed by atoms with Crippen LogP contribution in [0.3, 0.4) is 0 Å². The van der Waals surface area contributed by atoms with Crippen LogP contribution in [0.25, 0.3) is 0 Å². The largest absolute Gasteiger partial charge is 0.497 e. The van der Waals surface area contributed by atoms with Gasteiger partial charge in [-0.3, -0.25) is 4.79 Å². The van der Waals surface area contributed by atoms with Gasteiger partial charge in [0.25, 0.3) is 5.91 Å². The molecule has 0 aliphatic rings. The second-order valence-corrected chi connectivity index (χ2v) is 3.89. The lowest BCUT2D eigenvalue weighted by molar-refractivity contribution is -0.122. The van der Waals surface area contributed by atoms with Crippen LogP contribution < -0.4 is 14.8 Å². The summed E-state index contributed by atoms with van der Waals surface area (Å²) in [6, 6.07) is 5.35. The Morgan fingerprint density at radius 3 is 2.88 bits per heavy atom. The third kappa shape index (κ3) is 3.73. The molecule has 0 aliphatic heterocycles. The van der Waals surface area contributed by atoms with E-state index in [2.05, 4.69) is 21.2 Å². The van der Waals surface area contributed by atoms with E-state index in [4.69, 9.17) is 9.47 Å². The molecule has 1 N–H and O–H groups in total. The molecule has 1 aromatic carbocycles. The van der Waals surface area contributed by atoms with Crippen molar-refractivity contribution in [1.29, 1.82) is 0 Å². The number of hydrogen-bond acceptors (Lipinski definition) is 3. The van der Waals surface area contributed by atoms with Crippen LogP contribution >= 0.6 is 15.9 Å². The first-order chi connectivity index (χ1) is 7.67. The highest BCUT2D eigenvalue weighted by Gasteiger charge is 2.06. The quantitative estimate of drug-likeness (QED) is 0.901. The number of rotatable bonds is 5. The predicted octanol–water partition coefficient (Wildman–Crippen LogP) is 1.97. The maximum Gasteiger partial charge on any atom is 0.257 e. The average Bonchev–Trinajstić information content (AvgIpc) is 2.28. The Morgan fingerprint density at radius 1 is 1.50 bits per heavy atom. The third-order valence-corrected chi connectivity index (χ3v) is 2.53. The Morgan fingerprint density at radius 2 is 2.25 bits per heavy atom. The van der Waals surface area contributed by atoms with Crippen LogP contribution in [0.15, 0.2) is 22.7 Å². The zero-order valence-corrected chi connectivity index (χ0v) is 10.8. The molecular formula is C11H14BrNO3. The molecule has 0 atom stereocenters. The Labute approximate surface area is 103 Å². The van der Waals surface area contributed by atoms with E-state index in [1.807, 2.05) is 19.1 Å². The molecule has 0 radical (unpaired) electrons. The van der Waals surface area contributed by atoms with E-state index in [0.29, 0.717) is 18.0 Å². The molecule has 1 rings (SSSR count). The van der Waals surface area contributed by atoms with Gasteiger partial charge in [0.1, 0.15) is 11.5 Å². The number of ether oxygens (including phenoxy) is 2. The average molecular weight is 288 g/mol. The number of carbonyl (C=O) groups is 1. The molecule has 0 fully saturated rings. The first kappa shape index (κ1) is 12.8. The van der Waals surface area contributed by atoms with Gasteiger partial charge >= 0.3 is 0 Å². The van der Waals surface area contributed by atoms with Crippen molar-refractivity contribution >= 4 is 21.8 Å². The van der Waals surface area contributed by atoms with E-state index in [1.54, 1.807) is 13.2 Å². The van der Waals surface area contributed by atoms with Crippen LogP contribution in [-0.4, -0.2) is 26.2 Å². The molecule has 0 saturated heterocycles. The molecular weight excluding hydrogens is 274 g/mol. The molecule has 1 amide bonds. The van der Waals surface area contributed by atoms with Crippen molar-refractivity contribution < 1.29 is 14.3 Å². The van der Waals surface area contributed by atoms with E-state index in [1.165, 1.54) is 0 Å². The molecule has 0 aliphatic carbocycles. The molecule has 0 saturated carbocycles. The summed E-state index contributed by atoms with van der Waals surface area (Å²) < 4.78 is 11.2. The Kier molecular flexibility index (Phi) is 5.11. The fraction of sp³-hybridized carbons (Fsp3) is 0.364. The van der Waals surface area contributed by atoms with Crippen LogP contribution in [-0.2, 0) is 4.79 Å². The number of amides is 1. The van der Waals surface area contributed by atoms with Gasteiger partial charge in [-0.25, -0.2) is 0 Å². The van der Waals surface area contributed by atoms with Crippen LogP contribution in [0.2, 0.25) is 0 Å². The first-order valence-electron chi connectivity index (χ1n) is 4.90. The molecule has 0 aromatic heterocycles. The maximum atomic E-state index is 11.2. The second kappa shape index (κ2) is 6.37. The summed E-state index contributed by atoms with van der Waals surface area (Å²) >= 11 is 3.34. The summed E-state index contributed by atoms with van der Waals surface area (Å²) in [5.74, 6) is 1.14. The van der Waals surface area contributed by atoms with Gasteiger partial charge in [-0.05, 0) is 35.0 Å². The number of halogens is 1. The van der Waals surface area contributed by atoms with Gasteiger partial charge in [-0.1, -0.05) is 0 Å². The Bertz CT molecular complexity index is 368. The highest BCUT2D eigenvalue weighted by molar-refractivity contribution is 9.10. The highest BCUT2D eigenvalue weighted by Crippen LogP contribution is 2.29. The van der Waals surface area contributed by atoms with E-state index in [-0.39, 0.29) is 12.5 Å². The summed E-state index contributed by atoms with van der Waals surface area (Å²) in [6.45, 7) is 2.46. The van der Waals surface area contributed by atoms with Gasteiger partial charge in [0, 0.05) is 12.6 Å². The van der Waals surface area contributed by atoms with Crippen molar-refractivity contribution in [2.24, 2.45) is 0 Å². The topological polar surface area (TPSA) is 47.6 Å². The lowest BCUT2D eigenvalue weighted by atomic mass is 10.3. The van der Waals surface area contributed by atoms with E-state index in [9.17, 15) is 4.79 Å². The molecule has 0 bridgehead atoms. The van der Waals surface area contributed by atoms with Crippen LogP contribution in [0, 0.1) is 0 Å². The molecule has 0 heterocycles. The molecule has 0 spiro atoms. The SMILES string of the molecule is CCNC(=O)COc1cc(OC)ccc1Br. The first-order valence-corrected chi connectivity index (χ1v) is 5.69. The van der Waals surface area contributed by atoms with Crippen molar-refractivity contribution in [3.63, 3.8) is 0 Å². The van der Waals surface area contributed by atoms with Gasteiger partial charge < -0.3 is 14.8 Å². The van der Waals surface area contributed by atoms with Crippen LogP contribution in [0.1, 0.15) is 6.92 Å². The minimum Gasteiger partial charge on any atom is -0.497 e. The van der Waals surface area contributed by atoms with E-state index < -0.39 is 0 Å². The molecule has 16 heavy (non-hydrogen) atoms. The normalized spacial score (nSPS) is 9.69. The summed E-state index contributed by atoms with van der Waals surface area (Å²) in [4.78, 5) is 11.2. The minimum absolute atomic E-state index is 0.000389. The third-order valence-electron chi connectivity index (χ3n) is 1.87. The number of methoxy groups -OCH3 is 1. The van der Waals surface area contributed by atoms with Gasteiger partial charge in [0.15, 0.2) is 6.61 Å². The van der Waals surface area contributed by atoms with E-state index >= 15 is 0 Å². The monoisotopic (exact) mass is 287 g/mol. The zero-order valence-electron chi connectivity index (χ0n) is 9.25. The molecule has 4 nitrogen and oxygen atoms in total. The summed E-state index contributed by atoms with van der Waals surface area (Å²) in [5, 5.41) is 2.65. The maximum absolute atomic E-state index is 11.2. The van der Waals surface area contributed by atoms with Crippen molar-refractivity contribution in [2.75, 3.05) is 20.3 Å². The molecule has 1 aromatic rings. The Hall–Kier alpha value is -1.23. The summed E-state index contributed by atoms with van der Waals surface area (Å²) in [7, 11) is 1.58. The van der Waals surface area contributed by atoms with Crippen molar-refractivity contribution in [3.8, 4) is 11.5 Å². The lowest BCUT2D eigenvalue weighted by Crippen LogP contribution is -2.28. The van der Waals surface area contributed by atoms with Crippen molar-refractivity contribution in [2.45, 2.75) is 6.92 Å². The highest BCUT2D eigenvalue weighted by atomic mass is 79.9. The standard InChI is InChI=1S/C11H14BrNO3/c1-3-13-11(14)7-16-10-6-8(15-2)4-5-9(10)12/h4-6H,3,7H2,1-2H3,(H,13,14). The number of hydrogen-bond donors (Lipinski definition) is 1. The number of nitrogens with one attached hydrogen (secondary N) is 1. The van der Waals surface area contributed by atoms with Crippen LogP contribution in [0.5, 0.6) is 11.5 Å². The number of benzene rings is 1. The van der Waals surface area contributed by atoms with Gasteiger partial charge in [-0.15, -0.1) is 0 Å². The van der Waals surface area contributed by atoms with Crippen LogP contribution in [0.4, 0.5) is 0 Å². The van der Waals surface area contributed by atoms with Crippen molar-refractivity contribution in [3.05, 3.63) is 22.7 Å². The molecule has 88 valence electrons.